The van der Waals surface area contributed by atoms with Crippen LogP contribution in [0.2, 0.25) is 0 Å². The second-order valence-electron chi connectivity index (χ2n) is 3.59. The van der Waals surface area contributed by atoms with Gasteiger partial charge in [-0.2, -0.15) is 0 Å². The predicted octanol–water partition coefficient (Wildman–Crippen LogP) is 1.94. The Hall–Kier alpha value is -1.89. The fourth-order valence-electron chi connectivity index (χ4n) is 1.34. The first kappa shape index (κ1) is 12.6. The van der Waals surface area contributed by atoms with E-state index in [4.69, 9.17) is 5.11 Å². The molecule has 0 aliphatic carbocycles. The molecule has 0 amide bonds. The van der Waals surface area contributed by atoms with Crippen LogP contribution in [-0.2, 0) is 12.8 Å². The Balaban J connectivity index is 2.13. The number of halogens is 1. The van der Waals surface area contributed by atoms with Gasteiger partial charge in [-0.1, -0.05) is 0 Å². The number of rotatable bonds is 4. The zero-order chi connectivity index (χ0) is 13.1. The molecule has 0 spiro atoms. The summed E-state index contributed by atoms with van der Waals surface area (Å²) >= 11 is 1.38. The summed E-state index contributed by atoms with van der Waals surface area (Å²) in [6.07, 6.45) is 1.59. The molecular formula is C11H10FN3O2S. The summed E-state index contributed by atoms with van der Waals surface area (Å²) in [5.74, 6) is -0.693. The van der Waals surface area contributed by atoms with E-state index in [0.717, 1.165) is 11.9 Å². The van der Waals surface area contributed by atoms with Gasteiger partial charge in [-0.15, -0.1) is 22.0 Å². The molecule has 0 aliphatic heterocycles. The van der Waals surface area contributed by atoms with Crippen molar-refractivity contribution in [2.24, 2.45) is 7.05 Å². The van der Waals surface area contributed by atoms with Crippen molar-refractivity contribution >= 4 is 17.7 Å². The largest absolute Gasteiger partial charge is 0.478 e. The minimum absolute atomic E-state index is 0.321. The van der Waals surface area contributed by atoms with Crippen molar-refractivity contribution in [3.05, 3.63) is 41.7 Å². The van der Waals surface area contributed by atoms with Gasteiger partial charge in [0.1, 0.15) is 18.0 Å². The van der Waals surface area contributed by atoms with Crippen molar-refractivity contribution in [3.8, 4) is 0 Å². The van der Waals surface area contributed by atoms with Gasteiger partial charge in [-0.25, -0.2) is 9.18 Å². The van der Waals surface area contributed by atoms with E-state index < -0.39 is 11.8 Å². The van der Waals surface area contributed by atoms with Crippen molar-refractivity contribution in [2.45, 2.75) is 10.6 Å². The molecule has 0 saturated heterocycles. The van der Waals surface area contributed by atoms with E-state index in [0.29, 0.717) is 10.6 Å². The van der Waals surface area contributed by atoms with Crippen LogP contribution in [0.25, 0.3) is 0 Å². The van der Waals surface area contributed by atoms with Crippen LogP contribution >= 0.6 is 11.8 Å². The second-order valence-corrected chi connectivity index (χ2v) is 4.64. The Labute approximate surface area is 107 Å². The first-order chi connectivity index (χ1) is 8.58. The van der Waals surface area contributed by atoms with E-state index in [1.165, 1.54) is 17.8 Å². The van der Waals surface area contributed by atoms with E-state index in [-0.39, 0.29) is 5.56 Å². The van der Waals surface area contributed by atoms with Crippen LogP contribution in [0.3, 0.4) is 0 Å². The van der Waals surface area contributed by atoms with Gasteiger partial charge in [0.2, 0.25) is 0 Å². The number of hydrogen-bond acceptors (Lipinski definition) is 4. The number of carboxylic acids is 1. The van der Waals surface area contributed by atoms with Crippen molar-refractivity contribution in [1.29, 1.82) is 0 Å². The monoisotopic (exact) mass is 267 g/mol. The third kappa shape index (κ3) is 2.67. The molecule has 18 heavy (non-hydrogen) atoms. The summed E-state index contributed by atoms with van der Waals surface area (Å²) in [4.78, 5) is 11.5. The van der Waals surface area contributed by atoms with Gasteiger partial charge >= 0.3 is 5.97 Å². The number of carbonyl (C=O) groups is 1. The first-order valence-electron chi connectivity index (χ1n) is 5.06. The molecular weight excluding hydrogens is 257 g/mol. The molecule has 0 fully saturated rings. The molecule has 2 aromatic rings. The zero-order valence-corrected chi connectivity index (χ0v) is 10.3. The Bertz CT molecular complexity index is 585. The van der Waals surface area contributed by atoms with Gasteiger partial charge in [0.05, 0.1) is 11.3 Å². The predicted molar refractivity (Wildman–Crippen MR) is 63.9 cm³/mol. The molecule has 1 aromatic carbocycles. The van der Waals surface area contributed by atoms with Gasteiger partial charge in [-0.05, 0) is 18.2 Å². The number of thioether (sulfide) groups is 1. The van der Waals surface area contributed by atoms with Gasteiger partial charge in [-0.3, -0.25) is 0 Å². The molecule has 2 rings (SSSR count). The molecule has 7 heteroatoms. The summed E-state index contributed by atoms with van der Waals surface area (Å²) < 4.78 is 15.0. The summed E-state index contributed by atoms with van der Waals surface area (Å²) in [6.45, 7) is 0. The molecule has 0 saturated carbocycles. The smallest absolute Gasteiger partial charge is 0.338 e. The maximum Gasteiger partial charge on any atom is 0.338 e. The van der Waals surface area contributed by atoms with Crippen molar-refractivity contribution in [3.63, 3.8) is 0 Å². The highest BCUT2D eigenvalue weighted by Gasteiger charge is 2.11. The van der Waals surface area contributed by atoms with Crippen LogP contribution in [0.15, 0.2) is 29.4 Å². The Morgan fingerprint density at radius 3 is 2.94 bits per heavy atom. The number of aromatic carboxylic acids is 1. The molecule has 0 atom stereocenters. The SMILES string of the molecule is Cn1cnnc1CSc1ccc(F)c(C(=O)O)c1. The third-order valence-electron chi connectivity index (χ3n) is 2.34. The maximum absolute atomic E-state index is 13.2. The van der Waals surface area contributed by atoms with Crippen LogP contribution in [0.5, 0.6) is 0 Å². The molecule has 94 valence electrons. The van der Waals surface area contributed by atoms with E-state index in [1.807, 2.05) is 7.05 Å². The molecule has 0 aliphatic rings. The number of carboxylic acid groups (broad SMARTS) is 1. The quantitative estimate of drug-likeness (QED) is 0.857. The molecule has 0 unspecified atom stereocenters. The Kier molecular flexibility index (Phi) is 3.61. The van der Waals surface area contributed by atoms with E-state index in [9.17, 15) is 9.18 Å². The lowest BCUT2D eigenvalue weighted by Crippen LogP contribution is -2.00. The molecule has 0 radical (unpaired) electrons. The molecule has 1 aromatic heterocycles. The fourth-order valence-corrected chi connectivity index (χ4v) is 2.27. The summed E-state index contributed by atoms with van der Waals surface area (Å²) in [5, 5.41) is 16.5. The van der Waals surface area contributed by atoms with Gasteiger partial charge in [0, 0.05) is 11.9 Å². The van der Waals surface area contributed by atoms with Crippen molar-refractivity contribution < 1.29 is 14.3 Å². The van der Waals surface area contributed by atoms with Crippen LogP contribution in [0, 0.1) is 5.82 Å². The number of aromatic nitrogens is 3. The minimum Gasteiger partial charge on any atom is -0.478 e. The lowest BCUT2D eigenvalue weighted by molar-refractivity contribution is 0.0691. The Morgan fingerprint density at radius 1 is 1.56 bits per heavy atom. The standard InChI is InChI=1S/C11H10FN3O2S/c1-15-6-13-14-10(15)5-18-7-2-3-9(12)8(4-7)11(16)17/h2-4,6H,5H2,1H3,(H,16,17). The fraction of sp³-hybridized carbons (Fsp3) is 0.182. The van der Waals surface area contributed by atoms with Gasteiger partial charge in [0.15, 0.2) is 0 Å². The molecule has 0 bridgehead atoms. The van der Waals surface area contributed by atoms with Crippen LogP contribution in [0.4, 0.5) is 4.39 Å². The number of aryl methyl sites for hydroxylation is 1. The summed E-state index contributed by atoms with van der Waals surface area (Å²) in [6, 6.07) is 4.02. The highest BCUT2D eigenvalue weighted by Crippen LogP contribution is 2.24. The van der Waals surface area contributed by atoms with Crippen LogP contribution in [0.1, 0.15) is 16.2 Å². The van der Waals surface area contributed by atoms with E-state index in [2.05, 4.69) is 10.2 Å². The minimum atomic E-state index is -1.27. The van der Waals surface area contributed by atoms with Crippen molar-refractivity contribution in [1.82, 2.24) is 14.8 Å². The molecule has 5 nitrogen and oxygen atoms in total. The van der Waals surface area contributed by atoms with Crippen molar-refractivity contribution in [2.75, 3.05) is 0 Å². The van der Waals surface area contributed by atoms with Gasteiger partial charge < -0.3 is 9.67 Å². The normalized spacial score (nSPS) is 10.6. The summed E-state index contributed by atoms with van der Waals surface area (Å²) in [5.41, 5.74) is -0.321. The van der Waals surface area contributed by atoms with Gasteiger partial charge in [0.25, 0.3) is 0 Å². The summed E-state index contributed by atoms with van der Waals surface area (Å²) in [7, 11) is 1.82. The first-order valence-corrected chi connectivity index (χ1v) is 6.05. The maximum atomic E-state index is 13.2. The highest BCUT2D eigenvalue weighted by atomic mass is 32.2. The van der Waals surface area contributed by atoms with Crippen LogP contribution in [-0.4, -0.2) is 25.8 Å². The number of hydrogen-bond donors (Lipinski definition) is 1. The lowest BCUT2D eigenvalue weighted by atomic mass is 10.2. The lowest BCUT2D eigenvalue weighted by Gasteiger charge is -2.03. The average molecular weight is 267 g/mol. The average Bonchev–Trinajstić information content (AvgIpc) is 2.73. The number of nitrogens with zero attached hydrogens (tertiary/aromatic N) is 3. The van der Waals surface area contributed by atoms with E-state index >= 15 is 0 Å². The molecule has 1 heterocycles. The van der Waals surface area contributed by atoms with E-state index in [1.54, 1.807) is 17.0 Å². The third-order valence-corrected chi connectivity index (χ3v) is 3.33. The highest BCUT2D eigenvalue weighted by molar-refractivity contribution is 7.98. The number of benzene rings is 1. The zero-order valence-electron chi connectivity index (χ0n) is 9.50. The topological polar surface area (TPSA) is 68.0 Å². The Morgan fingerprint density at radius 2 is 2.33 bits per heavy atom. The van der Waals surface area contributed by atoms with Crippen LogP contribution < -0.4 is 0 Å². The molecule has 1 N–H and O–H groups in total. The second kappa shape index (κ2) is 5.18.